The molecule has 0 saturated heterocycles. The standard InChI is InChI=1S/C30H54N4O6/c1-24(2)33-30(40)20-12-8-6-10-16-26(36)22-34(23-27(37)17-13-14-19-29(39)32-4)21-25(35)15-9-5-7-11-18-28(38)31-3/h24H,5-23H2,1-4H3,(H,31,38)(H,32,39)(H,33,40). The lowest BCUT2D eigenvalue weighted by molar-refractivity contribution is -0.126. The monoisotopic (exact) mass is 566 g/mol. The van der Waals surface area contributed by atoms with Gasteiger partial charge in [0.1, 0.15) is 17.3 Å². The highest BCUT2D eigenvalue weighted by molar-refractivity contribution is 5.86. The molecule has 0 rings (SSSR count). The lowest BCUT2D eigenvalue weighted by Gasteiger charge is -2.20. The average Bonchev–Trinajstić information content (AvgIpc) is 2.89. The van der Waals surface area contributed by atoms with Crippen LogP contribution in [0, 0.1) is 0 Å². The summed E-state index contributed by atoms with van der Waals surface area (Å²) in [6.07, 6.45) is 10.1. The number of carbonyl (C=O) groups is 6. The zero-order valence-electron chi connectivity index (χ0n) is 25.4. The van der Waals surface area contributed by atoms with Gasteiger partial charge < -0.3 is 16.0 Å². The molecule has 0 unspecified atom stereocenters. The molecule has 3 N–H and O–H groups in total. The second-order valence-corrected chi connectivity index (χ2v) is 10.9. The van der Waals surface area contributed by atoms with Crippen LogP contribution in [-0.4, -0.2) is 79.7 Å². The van der Waals surface area contributed by atoms with E-state index in [2.05, 4.69) is 16.0 Å². The van der Waals surface area contributed by atoms with Gasteiger partial charge in [-0.05, 0) is 52.4 Å². The van der Waals surface area contributed by atoms with E-state index in [4.69, 9.17) is 0 Å². The highest BCUT2D eigenvalue weighted by Gasteiger charge is 2.18. The van der Waals surface area contributed by atoms with Crippen LogP contribution in [-0.2, 0) is 28.8 Å². The van der Waals surface area contributed by atoms with E-state index >= 15 is 0 Å². The molecule has 0 aliphatic heterocycles. The van der Waals surface area contributed by atoms with Gasteiger partial charge in [-0.15, -0.1) is 0 Å². The lowest BCUT2D eigenvalue weighted by atomic mass is 10.1. The summed E-state index contributed by atoms with van der Waals surface area (Å²) >= 11 is 0. The van der Waals surface area contributed by atoms with Crippen LogP contribution in [0.3, 0.4) is 0 Å². The Morgan fingerprint density at radius 1 is 0.475 bits per heavy atom. The van der Waals surface area contributed by atoms with Gasteiger partial charge in [-0.25, -0.2) is 0 Å². The van der Waals surface area contributed by atoms with Gasteiger partial charge in [0.25, 0.3) is 0 Å². The number of hydrogen-bond acceptors (Lipinski definition) is 7. The topological polar surface area (TPSA) is 142 Å². The van der Waals surface area contributed by atoms with Crippen molar-refractivity contribution in [2.24, 2.45) is 0 Å². The molecule has 0 spiro atoms. The Morgan fingerprint density at radius 3 is 1.12 bits per heavy atom. The van der Waals surface area contributed by atoms with Crippen molar-refractivity contribution in [1.29, 1.82) is 0 Å². The first-order valence-electron chi connectivity index (χ1n) is 15.0. The van der Waals surface area contributed by atoms with E-state index in [9.17, 15) is 28.8 Å². The van der Waals surface area contributed by atoms with Crippen LogP contribution in [0.15, 0.2) is 0 Å². The molecule has 10 heteroatoms. The largest absolute Gasteiger partial charge is 0.359 e. The van der Waals surface area contributed by atoms with Crippen molar-refractivity contribution < 1.29 is 28.8 Å². The number of nitrogens with zero attached hydrogens (tertiary/aromatic N) is 1. The number of unbranched alkanes of at least 4 members (excludes halogenated alkanes) is 7. The van der Waals surface area contributed by atoms with Crippen molar-refractivity contribution in [1.82, 2.24) is 20.9 Å². The molecule has 0 heterocycles. The van der Waals surface area contributed by atoms with Crippen LogP contribution in [0.5, 0.6) is 0 Å². The molecule has 0 aliphatic carbocycles. The Hall–Kier alpha value is -2.62. The predicted molar refractivity (Wildman–Crippen MR) is 157 cm³/mol. The van der Waals surface area contributed by atoms with Crippen molar-refractivity contribution in [2.75, 3.05) is 33.7 Å². The maximum absolute atomic E-state index is 12.7. The molecule has 0 aromatic rings. The maximum Gasteiger partial charge on any atom is 0.220 e. The zero-order chi connectivity index (χ0) is 30.2. The van der Waals surface area contributed by atoms with Crippen molar-refractivity contribution in [2.45, 2.75) is 123 Å². The van der Waals surface area contributed by atoms with E-state index in [0.29, 0.717) is 51.4 Å². The molecule has 0 bridgehead atoms. The molecule has 0 aromatic carbocycles. The number of Topliss-reactive ketones (excluding diaryl/α,β-unsaturated/α-hetero) is 3. The van der Waals surface area contributed by atoms with Gasteiger partial charge in [0.15, 0.2) is 0 Å². The summed E-state index contributed by atoms with van der Waals surface area (Å²) in [5.74, 6) is -0.0143. The quantitative estimate of drug-likeness (QED) is 0.136. The summed E-state index contributed by atoms with van der Waals surface area (Å²) < 4.78 is 0. The molecular weight excluding hydrogens is 512 g/mol. The summed E-state index contributed by atoms with van der Waals surface area (Å²) in [6, 6.07) is 0.134. The van der Waals surface area contributed by atoms with Crippen molar-refractivity contribution in [3.8, 4) is 0 Å². The zero-order valence-corrected chi connectivity index (χ0v) is 25.4. The Kier molecular flexibility index (Phi) is 22.6. The third-order valence-electron chi connectivity index (χ3n) is 6.54. The van der Waals surface area contributed by atoms with Crippen LogP contribution >= 0.6 is 0 Å². The van der Waals surface area contributed by atoms with Crippen molar-refractivity contribution >= 4 is 35.1 Å². The van der Waals surface area contributed by atoms with E-state index in [1.807, 2.05) is 13.8 Å². The van der Waals surface area contributed by atoms with Crippen LogP contribution in [0.2, 0.25) is 0 Å². The van der Waals surface area contributed by atoms with Gasteiger partial charge in [-0.1, -0.05) is 25.7 Å². The molecule has 40 heavy (non-hydrogen) atoms. The fourth-order valence-corrected chi connectivity index (χ4v) is 4.33. The predicted octanol–water partition coefficient (Wildman–Crippen LogP) is 3.25. The number of hydrogen-bond donors (Lipinski definition) is 3. The van der Waals surface area contributed by atoms with Crippen molar-refractivity contribution in [3.05, 3.63) is 0 Å². The highest BCUT2D eigenvalue weighted by Crippen LogP contribution is 2.10. The van der Waals surface area contributed by atoms with E-state index in [-0.39, 0.29) is 60.7 Å². The maximum atomic E-state index is 12.7. The minimum atomic E-state index is -0.0577. The number of nitrogens with one attached hydrogen (secondary N) is 3. The molecule has 0 atom stereocenters. The number of ketones is 3. The summed E-state index contributed by atoms with van der Waals surface area (Å²) in [5, 5.41) is 8.03. The molecule has 3 amide bonds. The fourth-order valence-electron chi connectivity index (χ4n) is 4.33. The lowest BCUT2D eigenvalue weighted by Crippen LogP contribution is -2.38. The minimum Gasteiger partial charge on any atom is -0.359 e. The van der Waals surface area contributed by atoms with Crippen LogP contribution < -0.4 is 16.0 Å². The molecule has 230 valence electrons. The number of carbonyl (C=O) groups excluding carboxylic acids is 6. The summed E-state index contributed by atoms with van der Waals surface area (Å²) in [7, 11) is 3.20. The van der Waals surface area contributed by atoms with Crippen LogP contribution in [0.1, 0.15) is 117 Å². The van der Waals surface area contributed by atoms with E-state index in [0.717, 1.165) is 51.4 Å². The van der Waals surface area contributed by atoms with Gasteiger partial charge in [-0.3, -0.25) is 33.7 Å². The molecular formula is C30H54N4O6. The molecule has 0 radical (unpaired) electrons. The molecule has 0 saturated carbocycles. The smallest absolute Gasteiger partial charge is 0.220 e. The Labute approximate surface area is 241 Å². The minimum absolute atomic E-state index is 0.00573. The summed E-state index contributed by atoms with van der Waals surface area (Å²) in [5.41, 5.74) is 0. The second-order valence-electron chi connectivity index (χ2n) is 10.9. The number of amides is 3. The van der Waals surface area contributed by atoms with Crippen LogP contribution in [0.4, 0.5) is 0 Å². The molecule has 0 fully saturated rings. The van der Waals surface area contributed by atoms with E-state index in [1.54, 1.807) is 19.0 Å². The average molecular weight is 567 g/mol. The normalized spacial score (nSPS) is 10.9. The Morgan fingerprint density at radius 2 is 0.775 bits per heavy atom. The Balaban J connectivity index is 4.55. The van der Waals surface area contributed by atoms with Gasteiger partial charge >= 0.3 is 0 Å². The van der Waals surface area contributed by atoms with Crippen LogP contribution in [0.25, 0.3) is 0 Å². The first-order valence-corrected chi connectivity index (χ1v) is 15.0. The Bertz CT molecular complexity index is 784. The molecule has 0 aromatic heterocycles. The van der Waals surface area contributed by atoms with E-state index < -0.39 is 0 Å². The van der Waals surface area contributed by atoms with Gasteiger partial charge in [0, 0.05) is 58.7 Å². The SMILES string of the molecule is CNC(=O)CCCCCCC(=O)CN(CC(=O)CCCCCCC(=O)NC(C)C)CC(=O)CCCCC(=O)NC. The fraction of sp³-hybridized carbons (Fsp3) is 0.800. The first-order chi connectivity index (χ1) is 19.1. The summed E-state index contributed by atoms with van der Waals surface area (Å²) in [6.45, 7) is 4.05. The summed E-state index contributed by atoms with van der Waals surface area (Å²) in [4.78, 5) is 73.9. The molecule has 10 nitrogen and oxygen atoms in total. The van der Waals surface area contributed by atoms with Gasteiger partial charge in [0.05, 0.1) is 19.6 Å². The van der Waals surface area contributed by atoms with Crippen molar-refractivity contribution in [3.63, 3.8) is 0 Å². The third-order valence-corrected chi connectivity index (χ3v) is 6.54. The van der Waals surface area contributed by atoms with Gasteiger partial charge in [-0.2, -0.15) is 0 Å². The van der Waals surface area contributed by atoms with E-state index in [1.165, 1.54) is 0 Å². The molecule has 0 aliphatic rings. The third kappa shape index (κ3) is 23.3. The number of rotatable bonds is 26. The van der Waals surface area contributed by atoms with Gasteiger partial charge in [0.2, 0.25) is 17.7 Å². The first kappa shape index (κ1) is 37.4. The highest BCUT2D eigenvalue weighted by atomic mass is 16.2. The second kappa shape index (κ2) is 24.2.